The van der Waals surface area contributed by atoms with Gasteiger partial charge in [-0.05, 0) is 24.1 Å². The minimum atomic E-state index is -1.12. The number of phenols is 4. The summed E-state index contributed by atoms with van der Waals surface area (Å²) in [5.41, 5.74) is -1.37. The Balaban J connectivity index is 1.61. The van der Waals surface area contributed by atoms with Gasteiger partial charge in [0.2, 0.25) is 5.43 Å². The van der Waals surface area contributed by atoms with E-state index in [1.54, 1.807) is 17.8 Å². The Morgan fingerprint density at radius 1 is 1.08 bits per heavy atom. The summed E-state index contributed by atoms with van der Waals surface area (Å²) in [6.07, 6.45) is 5.78. The van der Waals surface area contributed by atoms with Crippen molar-refractivity contribution in [2.24, 2.45) is 7.05 Å². The van der Waals surface area contributed by atoms with Crippen molar-refractivity contribution in [3.05, 3.63) is 81.2 Å². The number of nitrogens with zero attached hydrogens (tertiary/aromatic N) is 2. The van der Waals surface area contributed by atoms with Crippen LogP contribution in [0.3, 0.4) is 0 Å². The molecule has 0 fully saturated rings. The van der Waals surface area contributed by atoms with Crippen LogP contribution in [0.25, 0.3) is 16.5 Å². The Morgan fingerprint density at radius 3 is 2.56 bits per heavy atom. The number of aryl methyl sites for hydroxylation is 1. The number of carbonyl (C=O) groups excluding carboxylic acids is 2. The highest BCUT2D eigenvalue weighted by Crippen LogP contribution is 2.37. The Hall–Kier alpha value is -5.06. The molecule has 0 amide bonds. The first kappa shape index (κ1) is 22.7. The van der Waals surface area contributed by atoms with Gasteiger partial charge in [-0.1, -0.05) is 6.08 Å². The van der Waals surface area contributed by atoms with Gasteiger partial charge in [0.15, 0.2) is 28.8 Å². The summed E-state index contributed by atoms with van der Waals surface area (Å²) in [5, 5.41) is 39.7. The number of esters is 1. The van der Waals surface area contributed by atoms with E-state index >= 15 is 0 Å². The zero-order chi connectivity index (χ0) is 25.7. The van der Waals surface area contributed by atoms with E-state index in [1.165, 1.54) is 18.3 Å². The summed E-state index contributed by atoms with van der Waals surface area (Å²) in [7, 11) is 1.69. The highest BCUT2D eigenvalue weighted by Gasteiger charge is 2.29. The van der Waals surface area contributed by atoms with Crippen molar-refractivity contribution in [2.45, 2.75) is 13.0 Å². The maximum Gasteiger partial charge on any atom is 0.343 e. The molecule has 0 spiro atoms. The zero-order valence-corrected chi connectivity index (χ0v) is 18.7. The predicted molar refractivity (Wildman–Crippen MR) is 124 cm³/mol. The van der Waals surface area contributed by atoms with Crippen LogP contribution in [0.5, 0.6) is 23.0 Å². The van der Waals surface area contributed by atoms with E-state index in [0.717, 1.165) is 18.4 Å². The fraction of sp³-hybridized carbons (Fsp3) is 0.120. The minimum Gasteiger partial charge on any atom is -0.504 e. The van der Waals surface area contributed by atoms with Crippen LogP contribution in [-0.2, 0) is 24.8 Å². The molecule has 0 bridgehead atoms. The number of carbonyl (C=O) groups is 2. The number of fused-ring (bicyclic) bond motifs is 2. The van der Waals surface area contributed by atoms with E-state index in [4.69, 9.17) is 9.15 Å². The number of rotatable bonds is 4. The monoisotopic (exact) mass is 490 g/mol. The lowest BCUT2D eigenvalue weighted by Gasteiger charge is -2.17. The van der Waals surface area contributed by atoms with Crippen LogP contribution in [0.2, 0.25) is 0 Å². The number of benzene rings is 2. The number of hydrogen-bond acceptors (Lipinski definition) is 10. The highest BCUT2D eigenvalue weighted by atomic mass is 16.5. The molecule has 1 aliphatic rings. The number of ether oxygens (including phenoxy) is 1. The normalized spacial score (nSPS) is 12.9. The van der Waals surface area contributed by atoms with E-state index in [2.05, 4.69) is 4.98 Å². The molecule has 0 unspecified atom stereocenters. The van der Waals surface area contributed by atoms with Gasteiger partial charge in [0.25, 0.3) is 0 Å². The molecule has 0 saturated carbocycles. The van der Waals surface area contributed by atoms with Crippen LogP contribution in [0.1, 0.15) is 37.7 Å². The van der Waals surface area contributed by atoms with Gasteiger partial charge in [-0.2, -0.15) is 0 Å². The van der Waals surface area contributed by atoms with Crippen molar-refractivity contribution in [3.63, 3.8) is 0 Å². The summed E-state index contributed by atoms with van der Waals surface area (Å²) in [4.78, 5) is 43.6. The Labute approximate surface area is 201 Å². The van der Waals surface area contributed by atoms with Gasteiger partial charge in [-0.15, -0.1) is 0 Å². The van der Waals surface area contributed by atoms with Crippen LogP contribution in [0.15, 0.2) is 52.1 Å². The number of imidazole rings is 1. The second-order valence-corrected chi connectivity index (χ2v) is 8.15. The van der Waals surface area contributed by atoms with E-state index < -0.39 is 40.0 Å². The maximum absolute atomic E-state index is 13.5. The van der Waals surface area contributed by atoms with Crippen LogP contribution in [0.4, 0.5) is 0 Å². The quantitative estimate of drug-likeness (QED) is 0.246. The molecular weight excluding hydrogens is 472 g/mol. The molecule has 11 nitrogen and oxygen atoms in total. The molecule has 2 aromatic heterocycles. The van der Waals surface area contributed by atoms with Crippen LogP contribution in [0, 0.1) is 0 Å². The molecule has 36 heavy (non-hydrogen) atoms. The van der Waals surface area contributed by atoms with E-state index in [9.17, 15) is 34.8 Å². The fourth-order valence-corrected chi connectivity index (χ4v) is 4.07. The molecular formula is C25H18N2O9. The highest BCUT2D eigenvalue weighted by molar-refractivity contribution is 6.30. The molecule has 2 aromatic carbocycles. The van der Waals surface area contributed by atoms with Crippen molar-refractivity contribution in [1.29, 1.82) is 0 Å². The number of Topliss-reactive ketones (excluding diaryl/α,β-unsaturated/α-hetero) is 1. The van der Waals surface area contributed by atoms with Crippen molar-refractivity contribution in [1.82, 2.24) is 9.55 Å². The Morgan fingerprint density at radius 2 is 1.83 bits per heavy atom. The number of hydrogen-bond donors (Lipinski definition) is 4. The number of allylic oxidation sites excluding steroid dienone is 2. The van der Waals surface area contributed by atoms with Gasteiger partial charge in [0.1, 0.15) is 29.8 Å². The van der Waals surface area contributed by atoms with Crippen LogP contribution >= 0.6 is 0 Å². The lowest BCUT2D eigenvalue weighted by atomic mass is 9.86. The largest absolute Gasteiger partial charge is 0.504 e. The van der Waals surface area contributed by atoms with Gasteiger partial charge >= 0.3 is 5.97 Å². The van der Waals surface area contributed by atoms with E-state index in [1.807, 2.05) is 0 Å². The standard InChI is InChI=1S/C25H18N2O9/c1-27-5-4-26-19(27)10-36-25(34)21-20-18(8-17(30)24(21)33)35-9-14(23(20)32)12-3-2-11-6-15(28)16(29)7-13(11)22(12)31/h3-9,28-30,33H,2,10H2,1H3. The van der Waals surface area contributed by atoms with Gasteiger partial charge in [0, 0.05) is 36.6 Å². The lowest BCUT2D eigenvalue weighted by molar-refractivity contribution is 0.0457. The molecule has 0 atom stereocenters. The van der Waals surface area contributed by atoms with Crippen molar-refractivity contribution >= 4 is 28.3 Å². The molecule has 0 radical (unpaired) electrons. The molecule has 4 aromatic rings. The van der Waals surface area contributed by atoms with E-state index in [-0.39, 0.29) is 46.4 Å². The van der Waals surface area contributed by atoms with Gasteiger partial charge in [-0.25, -0.2) is 9.78 Å². The minimum absolute atomic E-state index is 0.0527. The summed E-state index contributed by atoms with van der Waals surface area (Å²) in [5.74, 6) is -3.80. The second-order valence-electron chi connectivity index (χ2n) is 8.15. The first-order valence-electron chi connectivity index (χ1n) is 10.6. The molecule has 0 saturated heterocycles. The molecule has 4 N–H and O–H groups in total. The smallest absolute Gasteiger partial charge is 0.343 e. The number of ketones is 1. The van der Waals surface area contributed by atoms with Gasteiger partial charge in [0.05, 0.1) is 10.9 Å². The van der Waals surface area contributed by atoms with Gasteiger partial charge < -0.3 is 34.1 Å². The average Bonchev–Trinajstić information content (AvgIpc) is 3.25. The first-order chi connectivity index (χ1) is 17.2. The summed E-state index contributed by atoms with van der Waals surface area (Å²) < 4.78 is 12.3. The number of aromatic nitrogens is 2. The Bertz CT molecular complexity index is 1680. The Kier molecular flexibility index (Phi) is 5.24. The molecule has 0 aliphatic heterocycles. The summed E-state index contributed by atoms with van der Waals surface area (Å²) in [6, 6.07) is 3.33. The molecule has 1 aliphatic carbocycles. The van der Waals surface area contributed by atoms with Crippen LogP contribution < -0.4 is 5.43 Å². The fourth-order valence-electron chi connectivity index (χ4n) is 4.07. The third-order valence-corrected chi connectivity index (χ3v) is 5.98. The third-order valence-electron chi connectivity index (χ3n) is 5.98. The first-order valence-corrected chi connectivity index (χ1v) is 10.6. The topological polar surface area (TPSA) is 172 Å². The summed E-state index contributed by atoms with van der Waals surface area (Å²) >= 11 is 0. The third kappa shape index (κ3) is 3.54. The maximum atomic E-state index is 13.5. The second kappa shape index (κ2) is 8.31. The average molecular weight is 490 g/mol. The molecule has 182 valence electrons. The molecule has 2 heterocycles. The van der Waals surface area contributed by atoms with Gasteiger partial charge in [-0.3, -0.25) is 9.59 Å². The van der Waals surface area contributed by atoms with Crippen LogP contribution in [-0.4, -0.2) is 41.7 Å². The molecule has 11 heteroatoms. The zero-order valence-electron chi connectivity index (χ0n) is 18.7. The predicted octanol–water partition coefficient (Wildman–Crippen LogP) is 2.53. The SMILES string of the molecule is Cn1ccnc1COC(=O)c1c(O)c(O)cc2occ(C3=CCc4cc(O)c(O)cc4C3=O)c(=O)c12. The summed E-state index contributed by atoms with van der Waals surface area (Å²) in [6.45, 7) is -0.277. The van der Waals surface area contributed by atoms with Crippen molar-refractivity contribution < 1.29 is 39.2 Å². The molecule has 5 rings (SSSR count). The van der Waals surface area contributed by atoms with E-state index in [0.29, 0.717) is 11.4 Å². The number of aromatic hydroxyl groups is 4. The van der Waals surface area contributed by atoms with Crippen molar-refractivity contribution in [3.8, 4) is 23.0 Å². The van der Waals surface area contributed by atoms with Crippen molar-refractivity contribution in [2.75, 3.05) is 0 Å². The number of phenolic OH excluding ortho intramolecular Hbond substituents is 4. The lowest BCUT2D eigenvalue weighted by Crippen LogP contribution is -2.19.